The Hall–Kier alpha value is -2.20. The summed E-state index contributed by atoms with van der Waals surface area (Å²) in [5.41, 5.74) is 2.03. The van der Waals surface area contributed by atoms with Crippen LogP contribution in [0.5, 0.6) is 0 Å². The highest BCUT2D eigenvalue weighted by Crippen LogP contribution is 2.34. The van der Waals surface area contributed by atoms with Crippen LogP contribution in [0.25, 0.3) is 0 Å². The lowest BCUT2D eigenvalue weighted by Gasteiger charge is -2.21. The minimum absolute atomic E-state index is 0.0536. The van der Waals surface area contributed by atoms with Crippen LogP contribution in [0.1, 0.15) is 63.5 Å². The fraction of sp³-hybridized carbons (Fsp3) is 0.645. The van der Waals surface area contributed by atoms with Crippen molar-refractivity contribution in [3.05, 3.63) is 47.5 Å². The van der Waals surface area contributed by atoms with Crippen molar-refractivity contribution >= 4 is 29.4 Å². The number of amides is 1. The normalized spacial score (nSPS) is 19.7. The summed E-state index contributed by atoms with van der Waals surface area (Å²) in [6, 6.07) is 7.87. The number of benzene rings is 1. The average Bonchev–Trinajstić information content (AvgIpc) is 3.19. The molecule has 224 valence electrons. The zero-order chi connectivity index (χ0) is 29.3. The minimum atomic E-state index is -0.737. The van der Waals surface area contributed by atoms with Crippen LogP contribution in [0.2, 0.25) is 0 Å². The molecule has 0 bridgehead atoms. The van der Waals surface area contributed by atoms with Gasteiger partial charge in [-0.05, 0) is 48.3 Å². The number of nitrogens with zero attached hydrogens (tertiary/aromatic N) is 1. The summed E-state index contributed by atoms with van der Waals surface area (Å²) >= 11 is 1.66. The first-order valence-corrected chi connectivity index (χ1v) is 15.6. The van der Waals surface area contributed by atoms with E-state index >= 15 is 0 Å². The van der Waals surface area contributed by atoms with Gasteiger partial charge in [-0.2, -0.15) is 11.8 Å². The molecule has 1 saturated carbocycles. The quantitative estimate of drug-likeness (QED) is 0.144. The van der Waals surface area contributed by atoms with Crippen molar-refractivity contribution < 1.29 is 34.1 Å². The topological polar surface area (TPSA) is 113 Å². The lowest BCUT2D eigenvalue weighted by molar-refractivity contribution is -0.152. The van der Waals surface area contributed by atoms with E-state index in [2.05, 4.69) is 0 Å². The molecule has 1 amide bonds. The second kappa shape index (κ2) is 19.0. The van der Waals surface area contributed by atoms with Crippen molar-refractivity contribution in [2.75, 3.05) is 38.3 Å². The van der Waals surface area contributed by atoms with Gasteiger partial charge in [-0.3, -0.25) is 14.4 Å². The highest BCUT2D eigenvalue weighted by Gasteiger charge is 2.39. The zero-order valence-electron chi connectivity index (χ0n) is 24.3. The number of rotatable bonds is 19. The molecule has 0 radical (unpaired) electrons. The van der Waals surface area contributed by atoms with E-state index in [4.69, 9.17) is 9.47 Å². The molecule has 1 aromatic rings. The number of hydrogen-bond donors (Lipinski definition) is 2. The molecular weight excluding hydrogens is 530 g/mol. The van der Waals surface area contributed by atoms with E-state index in [1.54, 1.807) is 35.9 Å². The summed E-state index contributed by atoms with van der Waals surface area (Å²) in [6.45, 7) is 5.67. The highest BCUT2D eigenvalue weighted by atomic mass is 32.2. The van der Waals surface area contributed by atoms with Gasteiger partial charge in [0.2, 0.25) is 0 Å². The van der Waals surface area contributed by atoms with Gasteiger partial charge in [0.05, 0.1) is 18.8 Å². The van der Waals surface area contributed by atoms with Gasteiger partial charge in [-0.25, -0.2) is 0 Å². The number of ketones is 1. The van der Waals surface area contributed by atoms with Crippen LogP contribution in [0.3, 0.4) is 0 Å². The summed E-state index contributed by atoms with van der Waals surface area (Å²) in [4.78, 5) is 38.5. The van der Waals surface area contributed by atoms with Crippen molar-refractivity contribution in [2.45, 2.75) is 77.6 Å². The van der Waals surface area contributed by atoms with Gasteiger partial charge in [0.25, 0.3) is 5.91 Å². The van der Waals surface area contributed by atoms with Gasteiger partial charge < -0.3 is 24.6 Å². The molecule has 2 rings (SSSR count). The molecular formula is C31H47NO7S. The Balaban J connectivity index is 1.70. The Morgan fingerprint density at radius 3 is 2.60 bits per heavy atom. The van der Waals surface area contributed by atoms with Crippen LogP contribution in [-0.2, 0) is 36.9 Å². The Bertz CT molecular complexity index is 947. The molecule has 8 nitrogen and oxygen atoms in total. The van der Waals surface area contributed by atoms with Gasteiger partial charge in [0, 0.05) is 51.3 Å². The molecule has 1 aromatic carbocycles. The maximum absolute atomic E-state index is 12.5. The van der Waals surface area contributed by atoms with Crippen LogP contribution in [-0.4, -0.2) is 83.3 Å². The number of thioether (sulfide) groups is 1. The van der Waals surface area contributed by atoms with Crippen LogP contribution < -0.4 is 0 Å². The van der Waals surface area contributed by atoms with E-state index in [1.165, 1.54) is 0 Å². The fourth-order valence-electron chi connectivity index (χ4n) is 5.01. The third kappa shape index (κ3) is 12.1. The molecule has 1 aliphatic carbocycles. The molecule has 40 heavy (non-hydrogen) atoms. The number of Topliss-reactive ketones (excluding diaryl/α,β-unsaturated/α-hetero) is 1. The molecule has 2 N–H and O–H groups in total. The molecule has 0 heterocycles. The number of esters is 1. The average molecular weight is 578 g/mol. The summed E-state index contributed by atoms with van der Waals surface area (Å²) < 4.78 is 10.3. The summed E-state index contributed by atoms with van der Waals surface area (Å²) in [7, 11) is 1.64. The van der Waals surface area contributed by atoms with E-state index in [0.29, 0.717) is 39.0 Å². The molecule has 0 saturated heterocycles. The van der Waals surface area contributed by atoms with Crippen LogP contribution in [0, 0.1) is 11.8 Å². The SMILES string of the molecule is CCCN(CCC)C(=O)COC(=O)CCCSCC[C@H]1C(=O)C[C@@H](O)[C@H]1/C=C/[C@@H](O)Cc1cccc(COC)c1. The standard InChI is InChI=1S/C31H47NO7S/c1-4-14-32(15-5-2)30(36)22-39-31(37)10-7-16-40-17-13-27-26(28(34)20-29(27)35)12-11-25(33)19-23-8-6-9-24(18-23)21-38-3/h6,8-9,11-12,18,25-28,33-34H,4-5,7,10,13-17,19-22H2,1-3H3/b12-11+/t25-,26+,27-,28-/m1/s1. The van der Waals surface area contributed by atoms with Crippen molar-refractivity contribution in [2.24, 2.45) is 11.8 Å². The minimum Gasteiger partial charge on any atom is -0.456 e. The third-order valence-electron chi connectivity index (χ3n) is 6.97. The van der Waals surface area contributed by atoms with Crippen molar-refractivity contribution in [1.82, 2.24) is 4.90 Å². The van der Waals surface area contributed by atoms with Crippen LogP contribution >= 0.6 is 11.8 Å². The van der Waals surface area contributed by atoms with Gasteiger partial charge in [-0.15, -0.1) is 0 Å². The van der Waals surface area contributed by atoms with Gasteiger partial charge in [0.1, 0.15) is 5.78 Å². The number of carbonyl (C=O) groups is 3. The van der Waals surface area contributed by atoms with E-state index in [1.807, 2.05) is 38.1 Å². The maximum Gasteiger partial charge on any atom is 0.306 e. The summed E-state index contributed by atoms with van der Waals surface area (Å²) in [6.07, 6.45) is 5.87. The molecule has 0 spiro atoms. The first kappa shape index (κ1) is 34.0. The Morgan fingerprint density at radius 2 is 1.90 bits per heavy atom. The fourth-order valence-corrected chi connectivity index (χ4v) is 5.98. The smallest absolute Gasteiger partial charge is 0.306 e. The lowest BCUT2D eigenvalue weighted by Crippen LogP contribution is -2.35. The largest absolute Gasteiger partial charge is 0.456 e. The first-order chi connectivity index (χ1) is 19.3. The molecule has 1 aliphatic rings. The Labute approximate surface area is 243 Å². The Kier molecular flexibility index (Phi) is 16.2. The maximum atomic E-state index is 12.5. The number of aliphatic hydroxyl groups is 2. The predicted octanol–water partition coefficient (Wildman–Crippen LogP) is 3.95. The van der Waals surface area contributed by atoms with E-state index < -0.39 is 12.2 Å². The second-order valence-electron chi connectivity index (χ2n) is 10.4. The zero-order valence-corrected chi connectivity index (χ0v) is 25.1. The first-order valence-electron chi connectivity index (χ1n) is 14.4. The van der Waals surface area contributed by atoms with E-state index in [0.717, 1.165) is 35.5 Å². The monoisotopic (exact) mass is 577 g/mol. The van der Waals surface area contributed by atoms with Gasteiger partial charge in [-0.1, -0.05) is 50.3 Å². The van der Waals surface area contributed by atoms with Gasteiger partial charge >= 0.3 is 5.97 Å². The summed E-state index contributed by atoms with van der Waals surface area (Å²) in [5.74, 6) is 0.423. The molecule has 9 heteroatoms. The van der Waals surface area contributed by atoms with E-state index in [-0.39, 0.29) is 48.9 Å². The second-order valence-corrected chi connectivity index (χ2v) is 11.6. The summed E-state index contributed by atoms with van der Waals surface area (Å²) in [5, 5.41) is 21.0. The number of aliphatic hydroxyl groups excluding tert-OH is 2. The molecule has 0 aromatic heterocycles. The third-order valence-corrected chi connectivity index (χ3v) is 8.08. The van der Waals surface area contributed by atoms with Crippen molar-refractivity contribution in [3.63, 3.8) is 0 Å². The molecule has 0 aliphatic heterocycles. The highest BCUT2D eigenvalue weighted by molar-refractivity contribution is 7.99. The van der Waals surface area contributed by atoms with Crippen LogP contribution in [0.4, 0.5) is 0 Å². The number of hydrogen-bond acceptors (Lipinski definition) is 8. The van der Waals surface area contributed by atoms with Gasteiger partial charge in [0.15, 0.2) is 6.61 Å². The van der Waals surface area contributed by atoms with E-state index in [9.17, 15) is 24.6 Å². The number of ether oxygens (including phenoxy) is 2. The molecule has 4 atom stereocenters. The lowest BCUT2D eigenvalue weighted by atomic mass is 9.91. The van der Waals surface area contributed by atoms with Crippen LogP contribution in [0.15, 0.2) is 36.4 Å². The number of carbonyl (C=O) groups excluding carboxylic acids is 3. The van der Waals surface area contributed by atoms with Crippen molar-refractivity contribution in [3.8, 4) is 0 Å². The number of methoxy groups -OCH3 is 1. The molecule has 1 fully saturated rings. The molecule has 0 unspecified atom stereocenters. The Morgan fingerprint density at radius 1 is 1.18 bits per heavy atom. The predicted molar refractivity (Wildman–Crippen MR) is 158 cm³/mol. The van der Waals surface area contributed by atoms with Crippen molar-refractivity contribution in [1.29, 1.82) is 0 Å².